The van der Waals surface area contributed by atoms with Crippen molar-refractivity contribution in [3.63, 3.8) is 0 Å². The number of hydrogen-bond acceptors (Lipinski definition) is 3. The molecule has 0 aliphatic rings. The molecular formula is C16H18ClNO2. The number of fused-ring (bicyclic) bond motifs is 1. The number of carbonyl (C=O) groups excluding carboxylic acids is 1. The Balaban J connectivity index is 2.21. The number of esters is 1. The molecule has 1 aromatic carbocycles. The van der Waals surface area contributed by atoms with Gasteiger partial charge in [-0.05, 0) is 24.5 Å². The van der Waals surface area contributed by atoms with Crippen molar-refractivity contribution in [2.24, 2.45) is 5.92 Å². The predicted octanol–water partition coefficient (Wildman–Crippen LogP) is 4.48. The van der Waals surface area contributed by atoms with E-state index in [1.165, 1.54) is 0 Å². The third-order valence-corrected chi connectivity index (χ3v) is 3.38. The highest BCUT2D eigenvalue weighted by atomic mass is 35.5. The number of hydrogen-bond donors (Lipinski definition) is 0. The molecule has 106 valence electrons. The summed E-state index contributed by atoms with van der Waals surface area (Å²) in [6.45, 7) is 4.63. The number of pyridine rings is 1. The van der Waals surface area contributed by atoms with Gasteiger partial charge in [0.05, 0.1) is 17.7 Å². The van der Waals surface area contributed by atoms with Crippen molar-refractivity contribution in [3.8, 4) is 0 Å². The summed E-state index contributed by atoms with van der Waals surface area (Å²) < 4.78 is 5.38. The van der Waals surface area contributed by atoms with Crippen LogP contribution in [0.5, 0.6) is 0 Å². The lowest BCUT2D eigenvalue weighted by Gasteiger charge is -2.12. The van der Waals surface area contributed by atoms with Crippen LogP contribution >= 0.6 is 11.6 Å². The maximum absolute atomic E-state index is 12.2. The van der Waals surface area contributed by atoms with E-state index < -0.39 is 0 Å². The Morgan fingerprint density at radius 2 is 2.15 bits per heavy atom. The highest BCUT2D eigenvalue weighted by Crippen LogP contribution is 2.21. The maximum atomic E-state index is 12.2. The summed E-state index contributed by atoms with van der Waals surface area (Å²) in [5, 5.41) is 1.07. The molecule has 2 rings (SSSR count). The van der Waals surface area contributed by atoms with Gasteiger partial charge in [0.15, 0.2) is 0 Å². The third-order valence-electron chi connectivity index (χ3n) is 3.19. The van der Waals surface area contributed by atoms with Crippen LogP contribution in [0.25, 0.3) is 10.9 Å². The van der Waals surface area contributed by atoms with Crippen LogP contribution in [-0.2, 0) is 4.74 Å². The Labute approximate surface area is 123 Å². The Hall–Kier alpha value is -1.61. The number of nitrogens with zero attached hydrogens (tertiary/aromatic N) is 1. The van der Waals surface area contributed by atoms with E-state index in [1.54, 1.807) is 6.07 Å². The number of rotatable bonds is 5. The molecule has 20 heavy (non-hydrogen) atoms. The zero-order valence-corrected chi connectivity index (χ0v) is 12.5. The minimum atomic E-state index is -0.339. The molecule has 0 aliphatic carbocycles. The number of ether oxygens (including phenoxy) is 1. The highest BCUT2D eigenvalue weighted by molar-refractivity contribution is 6.30. The Bertz CT molecular complexity index is 612. The van der Waals surface area contributed by atoms with Crippen molar-refractivity contribution in [2.45, 2.75) is 26.7 Å². The lowest BCUT2D eigenvalue weighted by Crippen LogP contribution is -2.12. The second kappa shape index (κ2) is 6.71. The average molecular weight is 292 g/mol. The summed E-state index contributed by atoms with van der Waals surface area (Å²) in [5.74, 6) is 0.0287. The van der Waals surface area contributed by atoms with Crippen molar-refractivity contribution >= 4 is 28.5 Å². The average Bonchev–Trinajstić information content (AvgIpc) is 2.44. The lowest BCUT2D eigenvalue weighted by atomic mass is 10.1. The van der Waals surface area contributed by atoms with E-state index in [4.69, 9.17) is 16.3 Å². The highest BCUT2D eigenvalue weighted by Gasteiger charge is 2.14. The Morgan fingerprint density at radius 3 is 2.90 bits per heavy atom. The van der Waals surface area contributed by atoms with Crippen LogP contribution in [0.2, 0.25) is 5.15 Å². The fourth-order valence-electron chi connectivity index (χ4n) is 2.18. The molecule has 1 aromatic heterocycles. The largest absolute Gasteiger partial charge is 0.462 e. The summed E-state index contributed by atoms with van der Waals surface area (Å²) >= 11 is 5.96. The minimum Gasteiger partial charge on any atom is -0.462 e. The van der Waals surface area contributed by atoms with Gasteiger partial charge >= 0.3 is 5.97 Å². The molecule has 1 atom stereocenters. The Kier molecular flexibility index (Phi) is 4.96. The van der Waals surface area contributed by atoms with Gasteiger partial charge < -0.3 is 4.74 Å². The first kappa shape index (κ1) is 14.8. The topological polar surface area (TPSA) is 39.2 Å². The number of benzene rings is 1. The fourth-order valence-corrected chi connectivity index (χ4v) is 2.38. The molecule has 4 heteroatoms. The van der Waals surface area contributed by atoms with Gasteiger partial charge in [-0.25, -0.2) is 9.78 Å². The van der Waals surface area contributed by atoms with Gasteiger partial charge in [-0.3, -0.25) is 0 Å². The molecule has 0 fully saturated rings. The summed E-state index contributed by atoms with van der Waals surface area (Å²) in [6, 6.07) is 8.98. The number of carbonyl (C=O) groups is 1. The molecule has 0 aliphatic heterocycles. The van der Waals surface area contributed by atoms with Crippen LogP contribution in [0, 0.1) is 5.92 Å². The van der Waals surface area contributed by atoms with E-state index in [2.05, 4.69) is 18.8 Å². The van der Waals surface area contributed by atoms with Gasteiger partial charge in [0.2, 0.25) is 0 Å². The van der Waals surface area contributed by atoms with Crippen molar-refractivity contribution in [1.29, 1.82) is 0 Å². The first-order valence-electron chi connectivity index (χ1n) is 6.84. The summed E-state index contributed by atoms with van der Waals surface area (Å²) in [4.78, 5) is 16.4. The number of halogens is 1. The van der Waals surface area contributed by atoms with Crippen LogP contribution in [0.3, 0.4) is 0 Å². The van der Waals surface area contributed by atoms with Gasteiger partial charge in [0, 0.05) is 5.39 Å². The Morgan fingerprint density at radius 1 is 1.40 bits per heavy atom. The molecule has 0 N–H and O–H groups in total. The van der Waals surface area contributed by atoms with Crippen molar-refractivity contribution < 1.29 is 9.53 Å². The number of para-hydroxylation sites is 1. The van der Waals surface area contributed by atoms with E-state index in [0.29, 0.717) is 28.8 Å². The molecule has 1 unspecified atom stereocenters. The molecule has 0 saturated carbocycles. The van der Waals surface area contributed by atoms with Crippen molar-refractivity contribution in [1.82, 2.24) is 4.98 Å². The molecular weight excluding hydrogens is 274 g/mol. The first-order valence-corrected chi connectivity index (χ1v) is 7.22. The smallest absolute Gasteiger partial charge is 0.338 e. The quantitative estimate of drug-likeness (QED) is 0.602. The lowest BCUT2D eigenvalue weighted by molar-refractivity contribution is 0.0446. The van der Waals surface area contributed by atoms with Gasteiger partial charge in [-0.15, -0.1) is 0 Å². The van der Waals surface area contributed by atoms with E-state index in [1.807, 2.05) is 24.3 Å². The molecule has 2 aromatic rings. The van der Waals surface area contributed by atoms with Crippen molar-refractivity contribution in [2.75, 3.05) is 6.61 Å². The zero-order chi connectivity index (χ0) is 14.5. The van der Waals surface area contributed by atoms with E-state index in [0.717, 1.165) is 18.2 Å². The first-order chi connectivity index (χ1) is 9.61. The summed E-state index contributed by atoms with van der Waals surface area (Å²) in [5.41, 5.74) is 1.18. The number of aromatic nitrogens is 1. The van der Waals surface area contributed by atoms with Crippen LogP contribution in [0.4, 0.5) is 0 Å². The monoisotopic (exact) mass is 291 g/mol. The molecule has 0 bridgehead atoms. The fraction of sp³-hybridized carbons (Fsp3) is 0.375. The SMILES string of the molecule is CCCC(C)COC(=O)c1cc(Cl)nc2ccccc12. The van der Waals surface area contributed by atoms with Gasteiger partial charge in [0.1, 0.15) is 5.15 Å². The van der Waals surface area contributed by atoms with E-state index in [9.17, 15) is 4.79 Å². The van der Waals surface area contributed by atoms with E-state index in [-0.39, 0.29) is 5.97 Å². The molecule has 0 saturated heterocycles. The molecule has 0 spiro atoms. The minimum absolute atomic E-state index is 0.303. The molecule has 1 heterocycles. The van der Waals surface area contributed by atoms with Crippen molar-refractivity contribution in [3.05, 3.63) is 41.0 Å². The summed E-state index contributed by atoms with van der Waals surface area (Å²) in [7, 11) is 0. The molecule has 0 radical (unpaired) electrons. The zero-order valence-electron chi connectivity index (χ0n) is 11.7. The maximum Gasteiger partial charge on any atom is 0.338 e. The van der Waals surface area contributed by atoms with Gasteiger partial charge in [-0.2, -0.15) is 0 Å². The third kappa shape index (κ3) is 3.48. The van der Waals surface area contributed by atoms with Gasteiger partial charge in [-0.1, -0.05) is 50.1 Å². The summed E-state index contributed by atoms with van der Waals surface area (Å²) in [6.07, 6.45) is 2.13. The van der Waals surface area contributed by atoms with Crippen LogP contribution in [-0.4, -0.2) is 17.6 Å². The van der Waals surface area contributed by atoms with Gasteiger partial charge in [0.25, 0.3) is 0 Å². The van der Waals surface area contributed by atoms with Crippen LogP contribution < -0.4 is 0 Å². The normalized spacial score (nSPS) is 12.3. The standard InChI is InChI=1S/C16H18ClNO2/c1-3-6-11(2)10-20-16(19)13-9-15(17)18-14-8-5-4-7-12(13)14/h4-5,7-9,11H,3,6,10H2,1-2H3. The predicted molar refractivity (Wildman–Crippen MR) is 81.1 cm³/mol. The van der Waals surface area contributed by atoms with E-state index >= 15 is 0 Å². The second-order valence-corrected chi connectivity index (χ2v) is 5.39. The van der Waals surface area contributed by atoms with Crippen LogP contribution in [0.15, 0.2) is 30.3 Å². The molecule has 3 nitrogen and oxygen atoms in total. The van der Waals surface area contributed by atoms with Crippen LogP contribution in [0.1, 0.15) is 37.0 Å². The molecule has 0 amide bonds. The second-order valence-electron chi connectivity index (χ2n) is 5.00.